The van der Waals surface area contributed by atoms with E-state index in [0.29, 0.717) is 23.1 Å². The van der Waals surface area contributed by atoms with E-state index in [0.717, 1.165) is 24.3 Å². The van der Waals surface area contributed by atoms with Crippen molar-refractivity contribution < 1.29 is 4.92 Å². The molecule has 0 spiro atoms. The van der Waals surface area contributed by atoms with Crippen molar-refractivity contribution in [2.24, 2.45) is 21.1 Å². The molecule has 30 heavy (non-hydrogen) atoms. The van der Waals surface area contributed by atoms with Gasteiger partial charge in [0.2, 0.25) is 0 Å². The number of benzene rings is 2. The van der Waals surface area contributed by atoms with E-state index in [9.17, 15) is 10.1 Å². The molecule has 0 aromatic heterocycles. The molecule has 2 rings (SSSR count). The smallest absolute Gasteiger partial charge is 0.272 e. The minimum Gasteiger partial charge on any atom is -0.375 e. The maximum Gasteiger partial charge on any atom is 0.272 e. The molecule has 0 saturated heterocycles. The van der Waals surface area contributed by atoms with Gasteiger partial charge in [-0.3, -0.25) is 10.1 Å². The van der Waals surface area contributed by atoms with Crippen LogP contribution in [0.3, 0.4) is 0 Å². The summed E-state index contributed by atoms with van der Waals surface area (Å²) in [6.45, 7) is 13.9. The van der Waals surface area contributed by atoms with Crippen molar-refractivity contribution in [3.63, 3.8) is 0 Å². The van der Waals surface area contributed by atoms with Gasteiger partial charge in [0, 0.05) is 30.9 Å². The van der Waals surface area contributed by atoms with Crippen LogP contribution in [-0.4, -0.2) is 18.5 Å². The average Bonchev–Trinajstić information content (AvgIpc) is 2.63. The molecular formula is C24H34N4O2. The van der Waals surface area contributed by atoms with Crippen molar-refractivity contribution >= 4 is 22.7 Å². The predicted octanol–water partition coefficient (Wildman–Crippen LogP) is 7.47. The molecule has 6 nitrogen and oxygen atoms in total. The second-order valence-corrected chi connectivity index (χ2v) is 10.3. The third-order valence-corrected chi connectivity index (χ3v) is 4.75. The normalized spacial score (nSPS) is 12.4. The van der Waals surface area contributed by atoms with Gasteiger partial charge in [-0.15, -0.1) is 0 Å². The summed E-state index contributed by atoms with van der Waals surface area (Å²) in [5.74, 6) is 0. The third-order valence-electron chi connectivity index (χ3n) is 4.75. The molecule has 2 aromatic carbocycles. The van der Waals surface area contributed by atoms with Crippen LogP contribution in [0.5, 0.6) is 0 Å². The lowest BCUT2D eigenvalue weighted by Gasteiger charge is -2.25. The summed E-state index contributed by atoms with van der Waals surface area (Å²) in [4.78, 5) is 13.2. The summed E-state index contributed by atoms with van der Waals surface area (Å²) in [6, 6.07) is 12.9. The van der Waals surface area contributed by atoms with Crippen LogP contribution in [0.15, 0.2) is 52.7 Å². The molecule has 0 heterocycles. The number of hydrogen-bond donors (Lipinski definition) is 0. The first-order chi connectivity index (χ1) is 13.8. The molecule has 0 radical (unpaired) electrons. The van der Waals surface area contributed by atoms with E-state index in [1.807, 2.05) is 24.3 Å². The largest absolute Gasteiger partial charge is 0.375 e. The van der Waals surface area contributed by atoms with Crippen molar-refractivity contribution in [2.45, 2.75) is 54.4 Å². The fourth-order valence-electron chi connectivity index (χ4n) is 3.05. The fraction of sp³-hybridized carbons (Fsp3) is 0.500. The summed E-state index contributed by atoms with van der Waals surface area (Å²) in [7, 11) is 2.09. The highest BCUT2D eigenvalue weighted by atomic mass is 16.6. The predicted molar refractivity (Wildman–Crippen MR) is 124 cm³/mol. The molecule has 2 aromatic rings. The molecule has 0 fully saturated rings. The lowest BCUT2D eigenvalue weighted by atomic mass is 9.87. The van der Waals surface area contributed by atoms with E-state index >= 15 is 0 Å². The zero-order valence-corrected chi connectivity index (χ0v) is 19.3. The SMILES string of the molecule is CN(CCC(C)(C)C)c1ccc(/N=N/c2ccc([N+](=O)[O-])c(CC(C)(C)C)c2)cc1. The number of nitrogens with zero attached hydrogens (tertiary/aromatic N) is 4. The molecule has 6 heteroatoms. The third kappa shape index (κ3) is 7.58. The number of nitro groups is 1. The van der Waals surface area contributed by atoms with Crippen LogP contribution in [0.2, 0.25) is 0 Å². The van der Waals surface area contributed by atoms with Crippen molar-refractivity contribution in [3.8, 4) is 0 Å². The maximum atomic E-state index is 11.3. The second-order valence-electron chi connectivity index (χ2n) is 10.3. The first-order valence-electron chi connectivity index (χ1n) is 10.3. The van der Waals surface area contributed by atoms with Crippen LogP contribution in [0.4, 0.5) is 22.7 Å². The molecule has 0 N–H and O–H groups in total. The van der Waals surface area contributed by atoms with Gasteiger partial charge in [-0.2, -0.15) is 10.2 Å². The number of hydrogen-bond acceptors (Lipinski definition) is 5. The monoisotopic (exact) mass is 410 g/mol. The van der Waals surface area contributed by atoms with Gasteiger partial charge in [-0.05, 0) is 60.1 Å². The molecule has 162 valence electrons. The van der Waals surface area contributed by atoms with Gasteiger partial charge in [-0.25, -0.2) is 0 Å². The lowest BCUT2D eigenvalue weighted by Crippen LogP contribution is -2.22. The Morgan fingerprint density at radius 3 is 2.00 bits per heavy atom. The van der Waals surface area contributed by atoms with Crippen LogP contribution in [0.1, 0.15) is 53.5 Å². The summed E-state index contributed by atoms with van der Waals surface area (Å²) in [5.41, 5.74) is 3.56. The first-order valence-corrected chi connectivity index (χ1v) is 10.3. The molecule has 0 saturated carbocycles. The molecule has 0 unspecified atom stereocenters. The topological polar surface area (TPSA) is 71.1 Å². The van der Waals surface area contributed by atoms with E-state index < -0.39 is 0 Å². The Kier molecular flexibility index (Phi) is 7.34. The van der Waals surface area contributed by atoms with Gasteiger partial charge in [0.15, 0.2) is 0 Å². The molecule has 0 aliphatic heterocycles. The van der Waals surface area contributed by atoms with Crippen LogP contribution in [0.25, 0.3) is 0 Å². The number of azo groups is 1. The number of nitro benzene ring substituents is 1. The number of rotatable bonds is 7. The second kappa shape index (κ2) is 9.37. The highest BCUT2D eigenvalue weighted by molar-refractivity contribution is 5.54. The van der Waals surface area contributed by atoms with Gasteiger partial charge in [-0.1, -0.05) is 41.5 Å². The van der Waals surface area contributed by atoms with E-state index in [1.54, 1.807) is 12.1 Å². The Hall–Kier alpha value is -2.76. The van der Waals surface area contributed by atoms with Crippen molar-refractivity contribution in [1.29, 1.82) is 0 Å². The van der Waals surface area contributed by atoms with E-state index in [-0.39, 0.29) is 16.0 Å². The summed E-state index contributed by atoms with van der Waals surface area (Å²) in [5, 5.41) is 19.9. The van der Waals surface area contributed by atoms with E-state index in [1.165, 1.54) is 6.07 Å². The van der Waals surface area contributed by atoms with E-state index in [4.69, 9.17) is 0 Å². The first kappa shape index (κ1) is 23.5. The average molecular weight is 411 g/mol. The van der Waals surface area contributed by atoms with Gasteiger partial charge in [0.05, 0.1) is 16.3 Å². The van der Waals surface area contributed by atoms with Crippen LogP contribution < -0.4 is 4.90 Å². The van der Waals surface area contributed by atoms with Crippen molar-refractivity contribution in [3.05, 3.63) is 58.1 Å². The van der Waals surface area contributed by atoms with Gasteiger partial charge in [0.25, 0.3) is 5.69 Å². The lowest BCUT2D eigenvalue weighted by molar-refractivity contribution is -0.385. The maximum absolute atomic E-state index is 11.3. The molecule has 0 bridgehead atoms. The minimum atomic E-state index is -0.336. The standard InChI is InChI=1S/C24H34N4O2/c1-23(2,3)14-15-27(7)21-11-8-19(9-12-21)25-26-20-10-13-22(28(29)30)18(16-20)17-24(4,5)6/h8-13,16H,14-15,17H2,1-7H3/b26-25+. The fourth-order valence-corrected chi connectivity index (χ4v) is 3.05. The summed E-state index contributed by atoms with van der Waals surface area (Å²) in [6.07, 6.45) is 1.71. The van der Waals surface area contributed by atoms with Crippen LogP contribution in [0, 0.1) is 20.9 Å². The van der Waals surface area contributed by atoms with Crippen LogP contribution >= 0.6 is 0 Å². The van der Waals surface area contributed by atoms with Gasteiger partial charge < -0.3 is 4.90 Å². The zero-order valence-electron chi connectivity index (χ0n) is 19.3. The van der Waals surface area contributed by atoms with E-state index in [2.05, 4.69) is 63.7 Å². The molecule has 0 amide bonds. The summed E-state index contributed by atoms with van der Waals surface area (Å²) < 4.78 is 0. The van der Waals surface area contributed by atoms with Crippen molar-refractivity contribution in [2.75, 3.05) is 18.5 Å². The van der Waals surface area contributed by atoms with Crippen LogP contribution in [-0.2, 0) is 6.42 Å². The zero-order chi connectivity index (χ0) is 22.5. The number of anilines is 1. The molecule has 0 aliphatic rings. The molecular weight excluding hydrogens is 376 g/mol. The Bertz CT molecular complexity index is 891. The van der Waals surface area contributed by atoms with Crippen molar-refractivity contribution in [1.82, 2.24) is 0 Å². The van der Waals surface area contributed by atoms with Gasteiger partial charge >= 0.3 is 0 Å². The Morgan fingerprint density at radius 2 is 1.47 bits per heavy atom. The highest BCUT2D eigenvalue weighted by Gasteiger charge is 2.20. The quantitative estimate of drug-likeness (QED) is 0.270. The Labute approximate surface area is 180 Å². The minimum absolute atomic E-state index is 0.0601. The summed E-state index contributed by atoms with van der Waals surface area (Å²) >= 11 is 0. The molecule has 0 atom stereocenters. The Balaban J connectivity index is 2.13. The molecule has 0 aliphatic carbocycles. The van der Waals surface area contributed by atoms with Gasteiger partial charge in [0.1, 0.15) is 0 Å². The highest BCUT2D eigenvalue weighted by Crippen LogP contribution is 2.31. The Morgan fingerprint density at radius 1 is 0.900 bits per heavy atom.